The molecule has 0 aromatic heterocycles. The molecule has 0 fully saturated rings. The molecule has 9 heteroatoms. The van der Waals surface area contributed by atoms with Crippen LogP contribution >= 0.6 is 0 Å². The van der Waals surface area contributed by atoms with Crippen molar-refractivity contribution in [2.24, 2.45) is 0 Å². The van der Waals surface area contributed by atoms with Crippen molar-refractivity contribution < 1.29 is 22.4 Å². The van der Waals surface area contributed by atoms with Crippen molar-refractivity contribution in [2.45, 2.75) is 38.3 Å². The maximum Gasteiger partial charge on any atom is 0.264 e. The van der Waals surface area contributed by atoms with Gasteiger partial charge in [0.05, 0.1) is 10.6 Å². The van der Waals surface area contributed by atoms with Crippen molar-refractivity contribution in [3.63, 3.8) is 0 Å². The Kier molecular flexibility index (Phi) is 8.47. The van der Waals surface area contributed by atoms with Gasteiger partial charge >= 0.3 is 0 Å². The highest BCUT2D eigenvalue weighted by molar-refractivity contribution is 7.92. The van der Waals surface area contributed by atoms with Gasteiger partial charge in [0.15, 0.2) is 0 Å². The number of nitrogens with zero attached hydrogens (tertiary/aromatic N) is 2. The standard InChI is InChI=1S/C27H30FN3O4S/c1-19-8-14-25(15-9-19)36(34,35)31(24-7-5-6-20(2)16-24)18-26(32)30(21(3)27(33)29-4)17-22-10-12-23(28)13-11-22/h5-16,21H,17-18H2,1-4H3,(H,29,33)/t21-/m0/s1. The van der Waals surface area contributed by atoms with E-state index in [1.54, 1.807) is 37.3 Å². The Morgan fingerprint density at radius 1 is 0.944 bits per heavy atom. The van der Waals surface area contributed by atoms with E-state index in [4.69, 9.17) is 0 Å². The predicted octanol–water partition coefficient (Wildman–Crippen LogP) is 3.80. The molecule has 2 amide bonds. The van der Waals surface area contributed by atoms with Crippen LogP contribution in [0, 0.1) is 19.7 Å². The Labute approximate surface area is 211 Å². The van der Waals surface area contributed by atoms with Crippen molar-refractivity contribution in [2.75, 3.05) is 17.9 Å². The summed E-state index contributed by atoms with van der Waals surface area (Å²) in [5.74, 6) is -1.41. The van der Waals surface area contributed by atoms with E-state index in [0.717, 1.165) is 15.4 Å². The van der Waals surface area contributed by atoms with Crippen molar-refractivity contribution in [1.29, 1.82) is 0 Å². The fourth-order valence-electron chi connectivity index (χ4n) is 3.73. The first-order valence-corrected chi connectivity index (χ1v) is 12.9. The highest BCUT2D eigenvalue weighted by Crippen LogP contribution is 2.25. The Morgan fingerprint density at radius 2 is 1.58 bits per heavy atom. The first-order valence-electron chi connectivity index (χ1n) is 11.4. The van der Waals surface area contributed by atoms with E-state index < -0.39 is 40.2 Å². The van der Waals surface area contributed by atoms with E-state index in [1.165, 1.54) is 48.3 Å². The number of halogens is 1. The third-order valence-corrected chi connectivity index (χ3v) is 7.65. The van der Waals surface area contributed by atoms with Gasteiger partial charge < -0.3 is 10.2 Å². The summed E-state index contributed by atoms with van der Waals surface area (Å²) in [5.41, 5.74) is 2.66. The van der Waals surface area contributed by atoms with Crippen LogP contribution in [0.25, 0.3) is 0 Å². The zero-order valence-corrected chi connectivity index (χ0v) is 21.5. The monoisotopic (exact) mass is 511 g/mol. The maximum absolute atomic E-state index is 13.7. The minimum Gasteiger partial charge on any atom is -0.357 e. The van der Waals surface area contributed by atoms with Crippen molar-refractivity contribution in [3.8, 4) is 0 Å². The van der Waals surface area contributed by atoms with Crippen LogP contribution < -0.4 is 9.62 Å². The number of carbonyl (C=O) groups is 2. The van der Waals surface area contributed by atoms with E-state index >= 15 is 0 Å². The first kappa shape index (κ1) is 26.9. The summed E-state index contributed by atoms with van der Waals surface area (Å²) in [6.07, 6.45) is 0. The number of amides is 2. The van der Waals surface area contributed by atoms with Gasteiger partial charge in [-0.3, -0.25) is 13.9 Å². The number of sulfonamides is 1. The number of rotatable bonds is 9. The van der Waals surface area contributed by atoms with E-state index in [0.29, 0.717) is 11.3 Å². The lowest BCUT2D eigenvalue weighted by Gasteiger charge is -2.32. The molecule has 0 saturated heterocycles. The molecule has 3 aromatic carbocycles. The number of hydrogen-bond donors (Lipinski definition) is 1. The Bertz CT molecular complexity index is 1330. The van der Waals surface area contributed by atoms with Crippen LogP contribution in [0.4, 0.5) is 10.1 Å². The second kappa shape index (κ2) is 11.3. The minimum atomic E-state index is -4.11. The van der Waals surface area contributed by atoms with Gasteiger partial charge in [0.25, 0.3) is 10.0 Å². The van der Waals surface area contributed by atoms with Gasteiger partial charge in [0.1, 0.15) is 18.4 Å². The van der Waals surface area contributed by atoms with E-state index in [9.17, 15) is 22.4 Å². The molecule has 0 aliphatic heterocycles. The summed E-state index contributed by atoms with van der Waals surface area (Å²) >= 11 is 0. The van der Waals surface area contributed by atoms with E-state index in [-0.39, 0.29) is 11.4 Å². The number of nitrogens with one attached hydrogen (secondary N) is 1. The van der Waals surface area contributed by atoms with E-state index in [1.807, 2.05) is 19.9 Å². The predicted molar refractivity (Wildman–Crippen MR) is 137 cm³/mol. The topological polar surface area (TPSA) is 86.8 Å². The SMILES string of the molecule is CNC(=O)[C@H](C)N(Cc1ccc(F)cc1)C(=O)CN(c1cccc(C)c1)S(=O)(=O)c1ccc(C)cc1. The number of likely N-dealkylation sites (N-methyl/N-ethyl adjacent to an activating group) is 1. The molecule has 0 unspecified atom stereocenters. The van der Waals surface area contributed by atoms with Crippen LogP contribution in [0.3, 0.4) is 0 Å². The second-order valence-corrected chi connectivity index (χ2v) is 10.5. The molecule has 0 spiro atoms. The van der Waals surface area contributed by atoms with Gasteiger partial charge in [0.2, 0.25) is 11.8 Å². The van der Waals surface area contributed by atoms with Gasteiger partial charge in [-0.2, -0.15) is 0 Å². The molecule has 36 heavy (non-hydrogen) atoms. The Morgan fingerprint density at radius 3 is 2.17 bits per heavy atom. The molecule has 3 aromatic rings. The van der Waals surface area contributed by atoms with Crippen LogP contribution in [-0.2, 0) is 26.2 Å². The molecule has 0 aliphatic rings. The summed E-state index contributed by atoms with van der Waals surface area (Å²) in [6, 6.07) is 17.9. The quantitative estimate of drug-likeness (QED) is 0.474. The van der Waals surface area contributed by atoms with Crippen molar-refractivity contribution in [3.05, 3.63) is 95.3 Å². The maximum atomic E-state index is 13.7. The van der Waals surface area contributed by atoms with E-state index in [2.05, 4.69) is 5.32 Å². The van der Waals surface area contributed by atoms with Gasteiger partial charge in [-0.25, -0.2) is 12.8 Å². The minimum absolute atomic E-state index is 0.0000627. The number of hydrogen-bond acceptors (Lipinski definition) is 4. The molecule has 1 N–H and O–H groups in total. The zero-order valence-electron chi connectivity index (χ0n) is 20.7. The average molecular weight is 512 g/mol. The van der Waals surface area contributed by atoms with Crippen molar-refractivity contribution in [1.82, 2.24) is 10.2 Å². The molecule has 190 valence electrons. The highest BCUT2D eigenvalue weighted by atomic mass is 32.2. The van der Waals surface area contributed by atoms with Gasteiger partial charge in [-0.05, 0) is 68.3 Å². The molecule has 1 atom stereocenters. The first-order chi connectivity index (χ1) is 17.0. The molecule has 0 bridgehead atoms. The van der Waals surface area contributed by atoms with Gasteiger partial charge in [-0.15, -0.1) is 0 Å². The average Bonchev–Trinajstić information content (AvgIpc) is 2.86. The van der Waals surface area contributed by atoms with Gasteiger partial charge in [-0.1, -0.05) is 42.0 Å². The molecule has 7 nitrogen and oxygen atoms in total. The molecule has 0 aliphatic carbocycles. The number of anilines is 1. The molecule has 0 saturated carbocycles. The fraction of sp³-hybridized carbons (Fsp3) is 0.259. The van der Waals surface area contributed by atoms with Crippen LogP contribution in [0.15, 0.2) is 77.7 Å². The number of carbonyl (C=O) groups excluding carboxylic acids is 2. The summed E-state index contributed by atoms with van der Waals surface area (Å²) < 4.78 is 41.9. The largest absolute Gasteiger partial charge is 0.357 e. The molecular formula is C27H30FN3O4S. The summed E-state index contributed by atoms with van der Waals surface area (Å²) in [6.45, 7) is 4.72. The zero-order chi connectivity index (χ0) is 26.5. The fourth-order valence-corrected chi connectivity index (χ4v) is 5.13. The third-order valence-electron chi connectivity index (χ3n) is 5.86. The van der Waals surface area contributed by atoms with Gasteiger partial charge in [0, 0.05) is 13.6 Å². The lowest BCUT2D eigenvalue weighted by atomic mass is 10.1. The smallest absolute Gasteiger partial charge is 0.264 e. The third kappa shape index (κ3) is 6.28. The molecule has 0 radical (unpaired) electrons. The van der Waals surface area contributed by atoms with Crippen LogP contribution in [0.1, 0.15) is 23.6 Å². The van der Waals surface area contributed by atoms with Crippen molar-refractivity contribution >= 4 is 27.5 Å². The molecule has 0 heterocycles. The molecular weight excluding hydrogens is 481 g/mol. The lowest BCUT2D eigenvalue weighted by Crippen LogP contribution is -2.50. The van der Waals surface area contributed by atoms with Crippen LogP contribution in [0.5, 0.6) is 0 Å². The second-order valence-electron chi connectivity index (χ2n) is 8.60. The van der Waals surface area contributed by atoms with Crippen LogP contribution in [0.2, 0.25) is 0 Å². The summed E-state index contributed by atoms with van der Waals surface area (Å²) in [4.78, 5) is 27.4. The summed E-state index contributed by atoms with van der Waals surface area (Å²) in [5, 5.41) is 2.52. The highest BCUT2D eigenvalue weighted by Gasteiger charge is 2.32. The normalized spacial score (nSPS) is 12.0. The Balaban J connectivity index is 2.02. The number of benzene rings is 3. The molecule has 3 rings (SSSR count). The Hall–Kier alpha value is -3.72. The summed E-state index contributed by atoms with van der Waals surface area (Å²) in [7, 11) is -2.65. The lowest BCUT2D eigenvalue weighted by molar-refractivity contribution is -0.139. The number of aryl methyl sites for hydroxylation is 2. The van der Waals surface area contributed by atoms with Crippen LogP contribution in [-0.4, -0.2) is 44.8 Å².